The summed E-state index contributed by atoms with van der Waals surface area (Å²) in [5, 5.41) is 14.4. The van der Waals surface area contributed by atoms with Gasteiger partial charge in [0.05, 0.1) is 22.2 Å². The zero-order valence-electron chi connectivity index (χ0n) is 11.2. The summed E-state index contributed by atoms with van der Waals surface area (Å²) in [5.74, 6) is 1.10. The van der Waals surface area contributed by atoms with Gasteiger partial charge in [-0.3, -0.25) is 4.68 Å². The Morgan fingerprint density at radius 2 is 2.18 bits per heavy atom. The van der Waals surface area contributed by atoms with Crippen molar-refractivity contribution >= 4 is 11.8 Å². The van der Waals surface area contributed by atoms with Crippen LogP contribution in [-0.2, 0) is 7.05 Å². The molecule has 0 saturated carbocycles. The van der Waals surface area contributed by atoms with Crippen molar-refractivity contribution in [3.05, 3.63) is 11.8 Å². The van der Waals surface area contributed by atoms with E-state index in [2.05, 4.69) is 17.2 Å². The SMILES string of the molecule is Cc1cc(SCCCCC(C)(C)C#N)n(C)n1. The van der Waals surface area contributed by atoms with Crippen LogP contribution in [0.4, 0.5) is 0 Å². The van der Waals surface area contributed by atoms with Crippen LogP contribution < -0.4 is 0 Å². The number of aromatic nitrogens is 2. The predicted molar refractivity (Wildman–Crippen MR) is 71.9 cm³/mol. The molecule has 0 unspecified atom stereocenters. The minimum Gasteiger partial charge on any atom is -0.262 e. The molecule has 0 fully saturated rings. The number of hydrogen-bond acceptors (Lipinski definition) is 3. The van der Waals surface area contributed by atoms with Crippen molar-refractivity contribution in [2.75, 3.05) is 5.75 Å². The summed E-state index contributed by atoms with van der Waals surface area (Å²) in [7, 11) is 1.98. The summed E-state index contributed by atoms with van der Waals surface area (Å²) in [6, 6.07) is 4.46. The lowest BCUT2D eigenvalue weighted by Gasteiger charge is -2.13. The van der Waals surface area contributed by atoms with Gasteiger partial charge in [-0.25, -0.2) is 0 Å². The molecule has 0 atom stereocenters. The summed E-state index contributed by atoms with van der Waals surface area (Å²) in [6.07, 6.45) is 3.25. The zero-order chi connectivity index (χ0) is 12.9. The van der Waals surface area contributed by atoms with Gasteiger partial charge in [0.15, 0.2) is 0 Å². The monoisotopic (exact) mass is 251 g/mol. The Kier molecular flexibility index (Phi) is 5.07. The lowest BCUT2D eigenvalue weighted by Crippen LogP contribution is -2.07. The van der Waals surface area contributed by atoms with Crippen LogP contribution in [0, 0.1) is 23.7 Å². The molecule has 1 aromatic heterocycles. The summed E-state index contributed by atoms with van der Waals surface area (Å²) < 4.78 is 1.93. The van der Waals surface area contributed by atoms with Crippen molar-refractivity contribution in [2.45, 2.75) is 45.1 Å². The van der Waals surface area contributed by atoms with Crippen molar-refractivity contribution in [1.82, 2.24) is 9.78 Å². The lowest BCUT2D eigenvalue weighted by molar-refractivity contribution is 0.433. The minimum absolute atomic E-state index is 0.173. The van der Waals surface area contributed by atoms with E-state index in [9.17, 15) is 0 Å². The minimum atomic E-state index is -0.173. The van der Waals surface area contributed by atoms with E-state index in [-0.39, 0.29) is 5.41 Å². The maximum atomic E-state index is 8.90. The second kappa shape index (κ2) is 6.11. The molecule has 0 spiro atoms. The number of nitrogens with zero attached hydrogens (tertiary/aromatic N) is 3. The number of hydrogen-bond donors (Lipinski definition) is 0. The van der Waals surface area contributed by atoms with E-state index in [0.717, 1.165) is 30.7 Å². The van der Waals surface area contributed by atoms with Crippen molar-refractivity contribution < 1.29 is 0 Å². The zero-order valence-corrected chi connectivity index (χ0v) is 12.0. The van der Waals surface area contributed by atoms with E-state index in [0.29, 0.717) is 0 Å². The summed E-state index contributed by atoms with van der Waals surface area (Å²) in [5.41, 5.74) is 0.897. The number of thioether (sulfide) groups is 1. The van der Waals surface area contributed by atoms with Gasteiger partial charge in [-0.2, -0.15) is 10.4 Å². The van der Waals surface area contributed by atoms with Crippen molar-refractivity contribution in [3.63, 3.8) is 0 Å². The molecule has 94 valence electrons. The Balaban J connectivity index is 2.22. The summed E-state index contributed by atoms with van der Waals surface area (Å²) in [4.78, 5) is 0. The van der Waals surface area contributed by atoms with Gasteiger partial charge >= 0.3 is 0 Å². The van der Waals surface area contributed by atoms with E-state index in [1.165, 1.54) is 5.03 Å². The highest BCUT2D eigenvalue weighted by molar-refractivity contribution is 7.99. The fourth-order valence-corrected chi connectivity index (χ4v) is 2.66. The standard InChI is InChI=1S/C13H21N3S/c1-11-9-12(16(4)15-11)17-8-6-5-7-13(2,3)10-14/h9H,5-8H2,1-4H3. The molecule has 0 bridgehead atoms. The van der Waals surface area contributed by atoms with Crippen LogP contribution in [-0.4, -0.2) is 15.5 Å². The summed E-state index contributed by atoms with van der Waals surface area (Å²) >= 11 is 1.84. The third kappa shape index (κ3) is 4.82. The Bertz CT molecular complexity index is 401. The average Bonchev–Trinajstić information content (AvgIpc) is 2.57. The molecule has 0 aromatic carbocycles. The van der Waals surface area contributed by atoms with Gasteiger partial charge in [0, 0.05) is 7.05 Å². The third-order valence-corrected chi connectivity index (χ3v) is 3.88. The van der Waals surface area contributed by atoms with E-state index < -0.39 is 0 Å². The highest BCUT2D eigenvalue weighted by atomic mass is 32.2. The number of unbranched alkanes of at least 4 members (excludes halogenated alkanes) is 1. The molecule has 4 heteroatoms. The highest BCUT2D eigenvalue weighted by Gasteiger charge is 2.15. The van der Waals surface area contributed by atoms with Crippen molar-refractivity contribution in [1.29, 1.82) is 5.26 Å². The molecular formula is C13H21N3S. The molecule has 17 heavy (non-hydrogen) atoms. The van der Waals surface area contributed by atoms with Crippen LogP contribution in [0.25, 0.3) is 0 Å². The number of rotatable bonds is 6. The maximum absolute atomic E-state index is 8.90. The molecule has 0 radical (unpaired) electrons. The third-order valence-electron chi connectivity index (χ3n) is 2.71. The Morgan fingerprint density at radius 1 is 1.47 bits per heavy atom. The molecule has 0 aliphatic carbocycles. The predicted octanol–water partition coefficient (Wildman–Crippen LogP) is 3.54. The quantitative estimate of drug-likeness (QED) is 0.573. The van der Waals surface area contributed by atoms with Gasteiger partial charge < -0.3 is 0 Å². The van der Waals surface area contributed by atoms with E-state index in [1.54, 1.807) is 0 Å². The van der Waals surface area contributed by atoms with Gasteiger partial charge in [-0.05, 0) is 45.4 Å². The van der Waals surface area contributed by atoms with Crippen LogP contribution in [0.2, 0.25) is 0 Å². The van der Waals surface area contributed by atoms with Gasteiger partial charge in [0.2, 0.25) is 0 Å². The Labute approximate surface area is 108 Å². The molecule has 0 aliphatic rings. The van der Waals surface area contributed by atoms with Crippen LogP contribution >= 0.6 is 11.8 Å². The fraction of sp³-hybridized carbons (Fsp3) is 0.692. The second-order valence-corrected chi connectivity index (χ2v) is 6.16. The van der Waals surface area contributed by atoms with Crippen molar-refractivity contribution in [3.8, 4) is 6.07 Å². The highest BCUT2D eigenvalue weighted by Crippen LogP contribution is 2.24. The summed E-state index contributed by atoms with van der Waals surface area (Å²) in [6.45, 7) is 6.02. The second-order valence-electron chi connectivity index (χ2n) is 5.05. The molecule has 0 amide bonds. The number of nitriles is 1. The molecule has 3 nitrogen and oxygen atoms in total. The van der Waals surface area contributed by atoms with E-state index >= 15 is 0 Å². The normalized spacial score (nSPS) is 11.5. The smallest absolute Gasteiger partial charge is 0.0939 e. The Hall–Kier alpha value is -0.950. The maximum Gasteiger partial charge on any atom is 0.0939 e. The van der Waals surface area contributed by atoms with Crippen LogP contribution in [0.5, 0.6) is 0 Å². The first-order chi connectivity index (χ1) is 7.94. The largest absolute Gasteiger partial charge is 0.262 e. The molecule has 1 aromatic rings. The van der Waals surface area contributed by atoms with E-state index in [1.807, 2.05) is 44.3 Å². The molecule has 1 heterocycles. The lowest BCUT2D eigenvalue weighted by atomic mass is 9.89. The molecule has 0 saturated heterocycles. The number of aryl methyl sites for hydroxylation is 2. The van der Waals surface area contributed by atoms with Crippen LogP contribution in [0.3, 0.4) is 0 Å². The fourth-order valence-electron chi connectivity index (χ4n) is 1.62. The van der Waals surface area contributed by atoms with E-state index in [4.69, 9.17) is 5.26 Å². The first-order valence-electron chi connectivity index (χ1n) is 5.99. The van der Waals surface area contributed by atoms with Crippen LogP contribution in [0.1, 0.15) is 38.8 Å². The topological polar surface area (TPSA) is 41.6 Å². The molecule has 1 rings (SSSR count). The van der Waals surface area contributed by atoms with Gasteiger partial charge in [-0.15, -0.1) is 11.8 Å². The van der Waals surface area contributed by atoms with Gasteiger partial charge in [0.1, 0.15) is 0 Å². The van der Waals surface area contributed by atoms with Gasteiger partial charge in [0.25, 0.3) is 0 Å². The first-order valence-corrected chi connectivity index (χ1v) is 6.98. The molecule has 0 aliphatic heterocycles. The van der Waals surface area contributed by atoms with Gasteiger partial charge in [-0.1, -0.05) is 6.42 Å². The first kappa shape index (κ1) is 14.1. The van der Waals surface area contributed by atoms with Crippen LogP contribution in [0.15, 0.2) is 11.1 Å². The average molecular weight is 251 g/mol. The molecule has 0 N–H and O–H groups in total. The Morgan fingerprint density at radius 3 is 2.71 bits per heavy atom. The van der Waals surface area contributed by atoms with Crippen molar-refractivity contribution in [2.24, 2.45) is 12.5 Å². The molecular weight excluding hydrogens is 230 g/mol.